The average Bonchev–Trinajstić information content (AvgIpc) is 1.65. The molecule has 0 spiro atoms. The molecule has 56 valence electrons. The molecule has 0 unspecified atom stereocenters. The fourth-order valence-electron chi connectivity index (χ4n) is 0.553. The normalized spacial score (nSPS) is 12.6. The third-order valence-corrected chi connectivity index (χ3v) is 3.57. The number of halogens is 2. The van der Waals surface area contributed by atoms with E-state index in [1.165, 1.54) is 4.67 Å². The molecule has 0 aliphatic carbocycles. The van der Waals surface area contributed by atoms with Crippen LogP contribution in [0.15, 0.2) is 0 Å². The van der Waals surface area contributed by atoms with E-state index in [1.54, 1.807) is 0 Å². The molecule has 9 heavy (non-hydrogen) atoms. The quantitative estimate of drug-likeness (QED) is 0.637. The van der Waals surface area contributed by atoms with E-state index in [9.17, 15) is 4.57 Å². The van der Waals surface area contributed by atoms with Gasteiger partial charge >= 0.3 is 6.00 Å². The van der Waals surface area contributed by atoms with Crippen molar-refractivity contribution in [1.29, 1.82) is 0 Å². The monoisotopic (exact) mass is 189 g/mol. The van der Waals surface area contributed by atoms with E-state index < -0.39 is 6.00 Å². The molecule has 0 amide bonds. The number of hydrogen-bond donors (Lipinski definition) is 0. The highest BCUT2D eigenvalue weighted by Crippen LogP contribution is 2.59. The summed E-state index contributed by atoms with van der Waals surface area (Å²) in [5.74, 6) is -3.00. The minimum Gasteiger partial charge on any atom is -0.271 e. The average molecular weight is 190 g/mol. The minimum absolute atomic E-state index is 0.626. The van der Waals surface area contributed by atoms with Crippen molar-refractivity contribution in [2.75, 3.05) is 13.1 Å². The van der Waals surface area contributed by atoms with Gasteiger partial charge in [-0.2, -0.15) is 0 Å². The van der Waals surface area contributed by atoms with Crippen molar-refractivity contribution in [2.45, 2.75) is 13.8 Å². The summed E-state index contributed by atoms with van der Waals surface area (Å²) in [4.78, 5) is 0. The largest absolute Gasteiger partial charge is 0.322 e. The minimum atomic E-state index is -3.00. The smallest absolute Gasteiger partial charge is 0.271 e. The van der Waals surface area contributed by atoms with E-state index in [-0.39, 0.29) is 0 Å². The molecule has 0 aliphatic heterocycles. The van der Waals surface area contributed by atoms with Crippen molar-refractivity contribution in [3.8, 4) is 0 Å². The zero-order valence-electron chi connectivity index (χ0n) is 5.47. The lowest BCUT2D eigenvalue weighted by Crippen LogP contribution is -2.14. The Bertz CT molecular complexity index is 120. The van der Waals surface area contributed by atoms with Gasteiger partial charge in [-0.05, 0) is 22.5 Å². The number of rotatable bonds is 3. The van der Waals surface area contributed by atoms with Gasteiger partial charge in [0.2, 0.25) is 0 Å². The van der Waals surface area contributed by atoms with Gasteiger partial charge < -0.3 is 0 Å². The van der Waals surface area contributed by atoms with Gasteiger partial charge in [0, 0.05) is 13.1 Å². The molecule has 0 aromatic heterocycles. The standard InChI is InChI=1S/C4H10Cl2NOP/c1-3-7(4-2)9(5,6)8/h3-4H2,1-2H3. The third kappa shape index (κ3) is 3.47. The Kier molecular flexibility index (Phi) is 4.15. The summed E-state index contributed by atoms with van der Waals surface area (Å²) < 4.78 is 12.4. The van der Waals surface area contributed by atoms with Gasteiger partial charge in [0.05, 0.1) is 0 Å². The predicted molar refractivity (Wildman–Crippen MR) is 42.2 cm³/mol. The fraction of sp³-hybridized carbons (Fsp3) is 1.00. The van der Waals surface area contributed by atoms with Crippen LogP contribution < -0.4 is 0 Å². The van der Waals surface area contributed by atoms with E-state index in [2.05, 4.69) is 0 Å². The van der Waals surface area contributed by atoms with Crippen molar-refractivity contribution in [3.05, 3.63) is 0 Å². The molecule has 0 heterocycles. The molecular weight excluding hydrogens is 180 g/mol. The summed E-state index contributed by atoms with van der Waals surface area (Å²) in [5.41, 5.74) is 0. The molecule has 5 heteroatoms. The molecular formula is C4H10Cl2NOP. The van der Waals surface area contributed by atoms with E-state index >= 15 is 0 Å². The Balaban J connectivity index is 3.96. The van der Waals surface area contributed by atoms with Crippen molar-refractivity contribution >= 4 is 28.5 Å². The Morgan fingerprint density at radius 1 is 1.33 bits per heavy atom. The van der Waals surface area contributed by atoms with Crippen LogP contribution in [0.25, 0.3) is 0 Å². The first-order valence-corrected chi connectivity index (χ1v) is 6.24. The molecule has 0 N–H and O–H groups in total. The highest BCUT2D eigenvalue weighted by Gasteiger charge is 2.20. The Labute approximate surface area is 65.1 Å². The molecule has 2 nitrogen and oxygen atoms in total. The summed E-state index contributed by atoms with van der Waals surface area (Å²) in [6.45, 7) is 4.98. The summed E-state index contributed by atoms with van der Waals surface area (Å²) >= 11 is 10.7. The Hall–Kier alpha value is 0.770. The van der Waals surface area contributed by atoms with Crippen LogP contribution in [-0.2, 0) is 4.57 Å². The second-order valence-electron chi connectivity index (χ2n) is 1.57. The van der Waals surface area contributed by atoms with Gasteiger partial charge in [-0.3, -0.25) is 4.57 Å². The molecule has 0 fully saturated rings. The molecule has 0 atom stereocenters. The Morgan fingerprint density at radius 3 is 1.67 bits per heavy atom. The van der Waals surface area contributed by atoms with Crippen molar-refractivity contribution in [1.82, 2.24) is 4.67 Å². The highest BCUT2D eigenvalue weighted by molar-refractivity contribution is 8.06. The molecule has 0 aromatic carbocycles. The first-order valence-electron chi connectivity index (χ1n) is 2.77. The number of nitrogens with zero attached hydrogens (tertiary/aromatic N) is 1. The van der Waals surface area contributed by atoms with Gasteiger partial charge in [0.25, 0.3) is 0 Å². The topological polar surface area (TPSA) is 20.3 Å². The van der Waals surface area contributed by atoms with Crippen LogP contribution in [0.2, 0.25) is 0 Å². The van der Waals surface area contributed by atoms with Crippen molar-refractivity contribution in [3.63, 3.8) is 0 Å². The fourth-order valence-corrected chi connectivity index (χ4v) is 2.49. The van der Waals surface area contributed by atoms with Crippen LogP contribution in [0.1, 0.15) is 13.8 Å². The van der Waals surface area contributed by atoms with Gasteiger partial charge in [0.1, 0.15) is 0 Å². The lowest BCUT2D eigenvalue weighted by molar-refractivity contribution is 0.466. The van der Waals surface area contributed by atoms with Gasteiger partial charge in [0.15, 0.2) is 0 Å². The Morgan fingerprint density at radius 2 is 1.67 bits per heavy atom. The van der Waals surface area contributed by atoms with Crippen LogP contribution in [0.4, 0.5) is 0 Å². The second-order valence-corrected chi connectivity index (χ2v) is 6.28. The summed E-state index contributed by atoms with van der Waals surface area (Å²) in [6.07, 6.45) is 0. The third-order valence-electron chi connectivity index (χ3n) is 1.06. The van der Waals surface area contributed by atoms with Crippen molar-refractivity contribution in [2.24, 2.45) is 0 Å². The molecule has 0 bridgehead atoms. The maximum atomic E-state index is 10.8. The van der Waals surface area contributed by atoms with Crippen molar-refractivity contribution < 1.29 is 4.57 Å². The van der Waals surface area contributed by atoms with Crippen LogP contribution in [-0.4, -0.2) is 17.8 Å². The first-order chi connectivity index (χ1) is 4.02. The second kappa shape index (κ2) is 3.82. The van der Waals surface area contributed by atoms with Crippen LogP contribution in [0, 0.1) is 0 Å². The van der Waals surface area contributed by atoms with Gasteiger partial charge in [-0.1, -0.05) is 13.8 Å². The molecule has 0 radical (unpaired) electrons. The molecule has 0 saturated carbocycles. The van der Waals surface area contributed by atoms with E-state index in [0.717, 1.165) is 0 Å². The van der Waals surface area contributed by atoms with Gasteiger partial charge in [-0.15, -0.1) is 0 Å². The van der Waals surface area contributed by atoms with Crippen LogP contribution in [0.3, 0.4) is 0 Å². The molecule has 0 aliphatic rings. The maximum Gasteiger partial charge on any atom is 0.322 e. The zero-order valence-corrected chi connectivity index (χ0v) is 7.88. The van der Waals surface area contributed by atoms with E-state index in [0.29, 0.717) is 13.1 Å². The molecule has 0 rings (SSSR count). The zero-order chi connectivity index (χ0) is 7.49. The summed E-state index contributed by atoms with van der Waals surface area (Å²) in [6, 6.07) is 0. The van der Waals surface area contributed by atoms with Crippen LogP contribution >= 0.6 is 28.5 Å². The van der Waals surface area contributed by atoms with E-state index in [4.69, 9.17) is 22.5 Å². The SMILES string of the molecule is CCN(CC)P(=O)(Cl)Cl. The van der Waals surface area contributed by atoms with E-state index in [1.807, 2.05) is 13.8 Å². The number of hydrogen-bond acceptors (Lipinski definition) is 1. The van der Waals surface area contributed by atoms with Crippen LogP contribution in [0.5, 0.6) is 0 Å². The lowest BCUT2D eigenvalue weighted by Gasteiger charge is -2.17. The predicted octanol–water partition coefficient (Wildman–Crippen LogP) is 2.91. The molecule has 0 saturated heterocycles. The van der Waals surface area contributed by atoms with Gasteiger partial charge in [-0.25, -0.2) is 4.67 Å². The summed E-state index contributed by atoms with van der Waals surface area (Å²) in [5, 5.41) is 0. The lowest BCUT2D eigenvalue weighted by atomic mass is 10.7. The highest BCUT2D eigenvalue weighted by atomic mass is 35.9. The maximum absolute atomic E-state index is 10.8. The summed E-state index contributed by atoms with van der Waals surface area (Å²) in [7, 11) is 0. The first kappa shape index (κ1) is 9.77. The molecule has 0 aromatic rings.